The van der Waals surface area contributed by atoms with Gasteiger partial charge in [0, 0.05) is 17.0 Å². The lowest BCUT2D eigenvalue weighted by Crippen LogP contribution is -1.97. The molecule has 0 aromatic heterocycles. The molecule has 2 aromatic rings. The van der Waals surface area contributed by atoms with Gasteiger partial charge in [0.25, 0.3) is 0 Å². The summed E-state index contributed by atoms with van der Waals surface area (Å²) in [5.41, 5.74) is 3.04. The zero-order chi connectivity index (χ0) is 15.1. The molecule has 21 heavy (non-hydrogen) atoms. The lowest BCUT2D eigenvalue weighted by molar-refractivity contribution is 0.304. The summed E-state index contributed by atoms with van der Waals surface area (Å²) < 4.78 is 5.79. The van der Waals surface area contributed by atoms with Crippen LogP contribution in [-0.4, -0.2) is 11.7 Å². The number of halogens is 1. The zero-order valence-electron chi connectivity index (χ0n) is 11.9. The van der Waals surface area contributed by atoms with E-state index in [0.717, 1.165) is 22.4 Å². The number of aliphatic hydroxyl groups is 1. The number of hydrogen-bond donors (Lipinski definition) is 1. The van der Waals surface area contributed by atoms with E-state index in [1.165, 1.54) is 0 Å². The van der Waals surface area contributed by atoms with E-state index < -0.39 is 0 Å². The van der Waals surface area contributed by atoms with Crippen LogP contribution in [-0.2, 0) is 6.61 Å². The van der Waals surface area contributed by atoms with Crippen LogP contribution in [0.4, 0.5) is 0 Å². The molecule has 0 spiro atoms. The second-order valence-electron chi connectivity index (χ2n) is 4.67. The van der Waals surface area contributed by atoms with Crippen molar-refractivity contribution in [2.24, 2.45) is 0 Å². The van der Waals surface area contributed by atoms with Crippen LogP contribution < -0.4 is 4.74 Å². The van der Waals surface area contributed by atoms with E-state index in [9.17, 15) is 0 Å². The van der Waals surface area contributed by atoms with Gasteiger partial charge >= 0.3 is 0 Å². The fourth-order valence-electron chi connectivity index (χ4n) is 1.84. The lowest BCUT2D eigenvalue weighted by Gasteiger charge is -2.09. The molecule has 2 rings (SSSR count). The Balaban J connectivity index is 1.96. The largest absolute Gasteiger partial charge is 0.489 e. The second-order valence-corrected chi connectivity index (χ2v) is 5.11. The van der Waals surface area contributed by atoms with Crippen molar-refractivity contribution in [2.45, 2.75) is 20.0 Å². The van der Waals surface area contributed by atoms with Crippen molar-refractivity contribution >= 4 is 11.6 Å². The van der Waals surface area contributed by atoms with E-state index in [-0.39, 0.29) is 6.61 Å². The molecule has 0 aliphatic rings. The maximum Gasteiger partial charge on any atom is 0.122 e. The van der Waals surface area contributed by atoms with Gasteiger partial charge in [-0.3, -0.25) is 0 Å². The molecule has 0 fully saturated rings. The topological polar surface area (TPSA) is 29.5 Å². The van der Waals surface area contributed by atoms with Crippen molar-refractivity contribution in [1.82, 2.24) is 0 Å². The predicted molar refractivity (Wildman–Crippen MR) is 85.5 cm³/mol. The fourth-order valence-corrected chi connectivity index (χ4v) is 2.07. The van der Waals surface area contributed by atoms with Gasteiger partial charge in [0.1, 0.15) is 12.4 Å². The number of benzene rings is 2. The zero-order valence-corrected chi connectivity index (χ0v) is 12.7. The third-order valence-electron chi connectivity index (χ3n) is 2.95. The minimum atomic E-state index is 0.0966. The summed E-state index contributed by atoms with van der Waals surface area (Å²) in [6.07, 6.45) is 0.501. The molecule has 0 saturated carbocycles. The van der Waals surface area contributed by atoms with E-state index in [0.29, 0.717) is 18.1 Å². The summed E-state index contributed by atoms with van der Waals surface area (Å²) in [6.45, 7) is 2.58. The maximum absolute atomic E-state index is 8.68. The van der Waals surface area contributed by atoms with Crippen LogP contribution in [0.3, 0.4) is 0 Å². The molecule has 0 bridgehead atoms. The highest BCUT2D eigenvalue weighted by atomic mass is 35.5. The molecule has 2 aromatic carbocycles. The van der Waals surface area contributed by atoms with Gasteiger partial charge in [0.05, 0.1) is 6.61 Å². The van der Waals surface area contributed by atoms with Crippen molar-refractivity contribution in [1.29, 1.82) is 0 Å². The van der Waals surface area contributed by atoms with Gasteiger partial charge in [-0.1, -0.05) is 35.6 Å². The summed E-state index contributed by atoms with van der Waals surface area (Å²) in [6, 6.07) is 13.5. The molecule has 0 amide bonds. The third-order valence-corrected chi connectivity index (χ3v) is 3.19. The number of aryl methyl sites for hydroxylation is 1. The molecule has 0 aliphatic carbocycles. The summed E-state index contributed by atoms with van der Waals surface area (Å²) in [5.74, 6) is 6.73. The Bertz CT molecular complexity index is 651. The lowest BCUT2D eigenvalue weighted by atomic mass is 10.1. The van der Waals surface area contributed by atoms with Crippen molar-refractivity contribution in [3.05, 3.63) is 64.2 Å². The molecular formula is C18H17ClO2. The Kier molecular flexibility index (Phi) is 5.68. The Morgan fingerprint density at radius 1 is 1.14 bits per heavy atom. The van der Waals surface area contributed by atoms with Crippen LogP contribution in [0.1, 0.15) is 23.1 Å². The summed E-state index contributed by atoms with van der Waals surface area (Å²) in [5, 5.41) is 9.39. The molecule has 0 heterocycles. The second kappa shape index (κ2) is 7.73. The van der Waals surface area contributed by atoms with Crippen molar-refractivity contribution in [3.63, 3.8) is 0 Å². The van der Waals surface area contributed by atoms with E-state index >= 15 is 0 Å². The van der Waals surface area contributed by atoms with Gasteiger partial charge in [0.15, 0.2) is 0 Å². The molecule has 0 radical (unpaired) electrons. The van der Waals surface area contributed by atoms with Gasteiger partial charge in [0.2, 0.25) is 0 Å². The monoisotopic (exact) mass is 300 g/mol. The van der Waals surface area contributed by atoms with Crippen LogP contribution in [0, 0.1) is 18.8 Å². The highest BCUT2D eigenvalue weighted by Crippen LogP contribution is 2.22. The number of rotatable bonds is 4. The van der Waals surface area contributed by atoms with Crippen molar-refractivity contribution in [2.75, 3.05) is 6.61 Å². The molecule has 1 N–H and O–H groups in total. The highest BCUT2D eigenvalue weighted by molar-refractivity contribution is 6.30. The van der Waals surface area contributed by atoms with Gasteiger partial charge in [-0.05, 0) is 48.4 Å². The number of ether oxygens (including phenoxy) is 1. The highest BCUT2D eigenvalue weighted by Gasteiger charge is 2.01. The maximum atomic E-state index is 8.68. The summed E-state index contributed by atoms with van der Waals surface area (Å²) >= 11 is 5.92. The predicted octanol–water partition coefficient (Wildman–Crippen LogP) is 3.96. The molecule has 108 valence electrons. The first-order valence-electron chi connectivity index (χ1n) is 6.76. The Morgan fingerprint density at radius 3 is 2.57 bits per heavy atom. The van der Waals surface area contributed by atoms with Gasteiger partial charge < -0.3 is 9.84 Å². The Morgan fingerprint density at radius 2 is 1.90 bits per heavy atom. The molecule has 0 saturated heterocycles. The average Bonchev–Trinajstić information content (AvgIpc) is 2.48. The summed E-state index contributed by atoms with van der Waals surface area (Å²) in [4.78, 5) is 0. The first-order valence-corrected chi connectivity index (χ1v) is 7.14. The minimum Gasteiger partial charge on any atom is -0.489 e. The average molecular weight is 301 g/mol. The molecule has 0 atom stereocenters. The van der Waals surface area contributed by atoms with Crippen molar-refractivity contribution in [3.8, 4) is 17.6 Å². The smallest absolute Gasteiger partial charge is 0.122 e. The van der Waals surface area contributed by atoms with Crippen molar-refractivity contribution < 1.29 is 9.84 Å². The molecule has 2 nitrogen and oxygen atoms in total. The normalized spacial score (nSPS) is 9.86. The third kappa shape index (κ3) is 4.82. The van der Waals surface area contributed by atoms with Gasteiger partial charge in [-0.15, -0.1) is 0 Å². The van der Waals surface area contributed by atoms with Gasteiger partial charge in [-0.2, -0.15) is 0 Å². The minimum absolute atomic E-state index is 0.0966. The Hall–Kier alpha value is -1.95. The number of hydrogen-bond acceptors (Lipinski definition) is 2. The first kappa shape index (κ1) is 15.4. The van der Waals surface area contributed by atoms with Crippen LogP contribution in [0.25, 0.3) is 0 Å². The SMILES string of the molecule is Cc1cc(Cl)ccc1OCc1ccc(C#CCCO)cc1. The Labute approximate surface area is 130 Å². The van der Waals surface area contributed by atoms with E-state index in [4.69, 9.17) is 21.4 Å². The van der Waals surface area contributed by atoms with Gasteiger partial charge in [-0.25, -0.2) is 0 Å². The quantitative estimate of drug-likeness (QED) is 0.866. The van der Waals surface area contributed by atoms with Crippen LogP contribution in [0.15, 0.2) is 42.5 Å². The molecule has 0 unspecified atom stereocenters. The van der Waals surface area contributed by atoms with Crippen LogP contribution >= 0.6 is 11.6 Å². The first-order chi connectivity index (χ1) is 10.2. The van der Waals surface area contributed by atoms with E-state index in [1.54, 1.807) is 0 Å². The van der Waals surface area contributed by atoms with Crippen LogP contribution in [0.2, 0.25) is 5.02 Å². The number of aliphatic hydroxyl groups excluding tert-OH is 1. The molecule has 0 aliphatic heterocycles. The van der Waals surface area contributed by atoms with E-state index in [2.05, 4.69) is 11.8 Å². The molecular weight excluding hydrogens is 284 g/mol. The van der Waals surface area contributed by atoms with Crippen LogP contribution in [0.5, 0.6) is 5.75 Å². The summed E-state index contributed by atoms with van der Waals surface area (Å²) in [7, 11) is 0. The molecule has 3 heteroatoms. The fraction of sp³-hybridized carbons (Fsp3) is 0.222. The van der Waals surface area contributed by atoms with E-state index in [1.807, 2.05) is 49.4 Å². The standard InChI is InChI=1S/C18H17ClO2/c1-14-12-17(19)9-10-18(14)21-13-16-7-5-15(6-8-16)4-2-3-11-20/h5-10,12,20H,3,11,13H2,1H3.